The second-order valence-corrected chi connectivity index (χ2v) is 6.85. The van der Waals surface area contributed by atoms with Gasteiger partial charge in [0.25, 0.3) is 5.91 Å². The van der Waals surface area contributed by atoms with E-state index in [2.05, 4.69) is 30.4 Å². The van der Waals surface area contributed by atoms with E-state index in [0.717, 1.165) is 42.8 Å². The van der Waals surface area contributed by atoms with Crippen LogP contribution in [-0.2, 0) is 0 Å². The van der Waals surface area contributed by atoms with E-state index in [4.69, 9.17) is 11.6 Å². The Balaban J connectivity index is 1.40. The number of aromatic amines is 1. The SMILES string of the molecule is O=C(NCC1CCCN(c2ncccn2)C1)c1ccc2[nH]ncc2c1Cl. The largest absolute Gasteiger partial charge is 0.352 e. The molecule has 1 amide bonds. The fourth-order valence-electron chi connectivity index (χ4n) is 3.36. The summed E-state index contributed by atoms with van der Waals surface area (Å²) < 4.78 is 0. The van der Waals surface area contributed by atoms with Crippen LogP contribution in [0.5, 0.6) is 0 Å². The standard InChI is InChI=1S/C18H19ClN6O/c19-16-13(4-5-15-14(16)10-23-24-15)17(26)22-9-12-3-1-8-25(11-12)18-20-6-2-7-21-18/h2,4-7,10,12H,1,3,8-9,11H2,(H,22,26)(H,23,24). The summed E-state index contributed by atoms with van der Waals surface area (Å²) in [6.45, 7) is 2.37. The van der Waals surface area contributed by atoms with Gasteiger partial charge in [0.1, 0.15) is 0 Å². The second kappa shape index (κ2) is 7.29. The molecule has 0 radical (unpaired) electrons. The molecule has 3 heterocycles. The number of nitrogens with one attached hydrogen (secondary N) is 2. The van der Waals surface area contributed by atoms with Crippen LogP contribution in [0.2, 0.25) is 5.02 Å². The Bertz CT molecular complexity index is 912. The van der Waals surface area contributed by atoms with Gasteiger partial charge in [-0.15, -0.1) is 0 Å². The highest BCUT2D eigenvalue weighted by Gasteiger charge is 2.23. The number of H-pyrrole nitrogens is 1. The molecule has 7 nitrogen and oxygen atoms in total. The Kier molecular flexibility index (Phi) is 4.71. The maximum absolute atomic E-state index is 12.6. The quantitative estimate of drug-likeness (QED) is 0.737. The molecule has 1 aliphatic rings. The van der Waals surface area contributed by atoms with Gasteiger partial charge in [0.2, 0.25) is 5.95 Å². The van der Waals surface area contributed by atoms with E-state index in [1.165, 1.54) is 0 Å². The molecule has 1 atom stereocenters. The average molecular weight is 371 g/mol. The first kappa shape index (κ1) is 16.8. The van der Waals surface area contributed by atoms with Crippen LogP contribution in [0.15, 0.2) is 36.8 Å². The highest BCUT2D eigenvalue weighted by Crippen LogP contribution is 2.26. The number of fused-ring (bicyclic) bond motifs is 1. The van der Waals surface area contributed by atoms with E-state index in [1.807, 2.05) is 12.1 Å². The number of aromatic nitrogens is 4. The van der Waals surface area contributed by atoms with Gasteiger partial charge < -0.3 is 10.2 Å². The lowest BCUT2D eigenvalue weighted by atomic mass is 9.98. The molecule has 26 heavy (non-hydrogen) atoms. The molecule has 0 spiro atoms. The molecule has 8 heteroatoms. The van der Waals surface area contributed by atoms with Crippen molar-refractivity contribution in [3.05, 3.63) is 47.4 Å². The molecule has 0 bridgehead atoms. The molecule has 1 aliphatic heterocycles. The second-order valence-electron chi connectivity index (χ2n) is 6.47. The average Bonchev–Trinajstić information content (AvgIpc) is 3.17. The fraction of sp³-hybridized carbons (Fsp3) is 0.333. The minimum atomic E-state index is -0.161. The highest BCUT2D eigenvalue weighted by molar-refractivity contribution is 6.38. The molecule has 2 aromatic heterocycles. The predicted molar refractivity (Wildman–Crippen MR) is 100 cm³/mol. The first-order chi connectivity index (χ1) is 12.7. The van der Waals surface area contributed by atoms with Crippen molar-refractivity contribution < 1.29 is 4.79 Å². The molecule has 0 aliphatic carbocycles. The van der Waals surface area contributed by atoms with E-state index in [0.29, 0.717) is 23.0 Å². The molecule has 1 unspecified atom stereocenters. The molecule has 2 N–H and O–H groups in total. The van der Waals surface area contributed by atoms with Gasteiger partial charge in [-0.25, -0.2) is 9.97 Å². The van der Waals surface area contributed by atoms with Crippen molar-refractivity contribution in [1.82, 2.24) is 25.5 Å². The zero-order chi connectivity index (χ0) is 17.9. The number of hydrogen-bond acceptors (Lipinski definition) is 5. The number of anilines is 1. The number of amides is 1. The Morgan fingerprint density at radius 3 is 3.04 bits per heavy atom. The van der Waals surface area contributed by atoms with Gasteiger partial charge in [-0.3, -0.25) is 9.89 Å². The number of halogens is 1. The third-order valence-electron chi connectivity index (χ3n) is 4.71. The maximum Gasteiger partial charge on any atom is 0.252 e. The normalized spacial score (nSPS) is 17.4. The van der Waals surface area contributed by atoms with Gasteiger partial charge in [0.15, 0.2) is 0 Å². The van der Waals surface area contributed by atoms with Gasteiger partial charge in [0, 0.05) is 37.4 Å². The van der Waals surface area contributed by atoms with Crippen LogP contribution in [0.1, 0.15) is 23.2 Å². The molecule has 1 aromatic carbocycles. The van der Waals surface area contributed by atoms with E-state index < -0.39 is 0 Å². The lowest BCUT2D eigenvalue weighted by molar-refractivity contribution is 0.0946. The highest BCUT2D eigenvalue weighted by atomic mass is 35.5. The number of hydrogen-bond donors (Lipinski definition) is 2. The first-order valence-corrected chi connectivity index (χ1v) is 9.02. The minimum Gasteiger partial charge on any atom is -0.352 e. The zero-order valence-electron chi connectivity index (χ0n) is 14.2. The summed E-state index contributed by atoms with van der Waals surface area (Å²) in [5.74, 6) is 0.941. The van der Waals surface area contributed by atoms with Gasteiger partial charge in [-0.2, -0.15) is 5.10 Å². The van der Waals surface area contributed by atoms with Crippen molar-refractivity contribution in [2.75, 3.05) is 24.5 Å². The summed E-state index contributed by atoms with van der Waals surface area (Å²) >= 11 is 6.36. The number of carbonyl (C=O) groups is 1. The molecule has 4 rings (SSSR count). The summed E-state index contributed by atoms with van der Waals surface area (Å²) in [5.41, 5.74) is 1.29. The van der Waals surface area contributed by atoms with E-state index in [9.17, 15) is 4.79 Å². The third kappa shape index (κ3) is 3.35. The van der Waals surface area contributed by atoms with Gasteiger partial charge in [-0.1, -0.05) is 11.6 Å². The number of benzene rings is 1. The Morgan fingerprint density at radius 1 is 1.35 bits per heavy atom. The number of nitrogens with zero attached hydrogens (tertiary/aromatic N) is 4. The number of rotatable bonds is 4. The van der Waals surface area contributed by atoms with Crippen LogP contribution in [0.3, 0.4) is 0 Å². The van der Waals surface area contributed by atoms with Crippen LogP contribution < -0.4 is 10.2 Å². The summed E-state index contributed by atoms with van der Waals surface area (Å²) in [4.78, 5) is 23.4. The molecule has 134 valence electrons. The predicted octanol–water partition coefficient (Wildman–Crippen LogP) is 2.65. The van der Waals surface area contributed by atoms with Crippen LogP contribution >= 0.6 is 11.6 Å². The van der Waals surface area contributed by atoms with E-state index in [1.54, 1.807) is 24.7 Å². The molecule has 1 saturated heterocycles. The molecule has 0 saturated carbocycles. The first-order valence-electron chi connectivity index (χ1n) is 8.64. The topological polar surface area (TPSA) is 86.8 Å². The fourth-order valence-corrected chi connectivity index (χ4v) is 3.66. The third-order valence-corrected chi connectivity index (χ3v) is 5.12. The van der Waals surface area contributed by atoms with E-state index >= 15 is 0 Å². The van der Waals surface area contributed by atoms with Gasteiger partial charge in [-0.05, 0) is 37.0 Å². The molecular formula is C18H19ClN6O. The monoisotopic (exact) mass is 370 g/mol. The van der Waals surface area contributed by atoms with Gasteiger partial charge in [0.05, 0.1) is 22.3 Å². The minimum absolute atomic E-state index is 0.161. The van der Waals surface area contributed by atoms with Crippen LogP contribution in [-0.4, -0.2) is 45.7 Å². The molecule has 1 fully saturated rings. The number of carbonyl (C=O) groups excluding carboxylic acids is 1. The summed E-state index contributed by atoms with van der Waals surface area (Å²) in [5, 5.41) is 11.0. The van der Waals surface area contributed by atoms with Crippen LogP contribution in [0.4, 0.5) is 5.95 Å². The lowest BCUT2D eigenvalue weighted by Gasteiger charge is -2.32. The lowest BCUT2D eigenvalue weighted by Crippen LogP contribution is -2.41. The Morgan fingerprint density at radius 2 is 2.19 bits per heavy atom. The smallest absolute Gasteiger partial charge is 0.252 e. The Hall–Kier alpha value is -2.67. The van der Waals surface area contributed by atoms with Crippen LogP contribution in [0.25, 0.3) is 10.9 Å². The molecular weight excluding hydrogens is 352 g/mol. The van der Waals surface area contributed by atoms with Gasteiger partial charge >= 0.3 is 0 Å². The van der Waals surface area contributed by atoms with E-state index in [-0.39, 0.29) is 5.91 Å². The van der Waals surface area contributed by atoms with Crippen molar-refractivity contribution in [3.8, 4) is 0 Å². The van der Waals surface area contributed by atoms with Crippen molar-refractivity contribution in [3.63, 3.8) is 0 Å². The van der Waals surface area contributed by atoms with Crippen molar-refractivity contribution in [2.45, 2.75) is 12.8 Å². The number of piperidine rings is 1. The maximum atomic E-state index is 12.6. The summed E-state index contributed by atoms with van der Waals surface area (Å²) in [6.07, 6.45) is 7.26. The van der Waals surface area contributed by atoms with Crippen molar-refractivity contribution in [2.24, 2.45) is 5.92 Å². The summed E-state index contributed by atoms with van der Waals surface area (Å²) in [7, 11) is 0. The van der Waals surface area contributed by atoms with Crippen molar-refractivity contribution in [1.29, 1.82) is 0 Å². The zero-order valence-corrected chi connectivity index (χ0v) is 14.9. The van der Waals surface area contributed by atoms with Crippen molar-refractivity contribution >= 4 is 34.4 Å². The Labute approximate surface area is 155 Å². The molecule has 3 aromatic rings. The summed E-state index contributed by atoms with van der Waals surface area (Å²) in [6, 6.07) is 5.35. The van der Waals surface area contributed by atoms with Crippen LogP contribution in [0, 0.1) is 5.92 Å².